The van der Waals surface area contributed by atoms with Gasteiger partial charge in [-0.1, -0.05) is 42.5 Å². The minimum atomic E-state index is 0.290. The second-order valence-electron chi connectivity index (χ2n) is 6.77. The molecule has 138 valence electrons. The summed E-state index contributed by atoms with van der Waals surface area (Å²) in [6, 6.07) is 18.7. The van der Waals surface area contributed by atoms with E-state index in [1.807, 2.05) is 37.4 Å². The summed E-state index contributed by atoms with van der Waals surface area (Å²) < 4.78 is 6.08. The smallest absolute Gasteiger partial charge is 0.193 e. The SMILES string of the molecule is CN=C(NCCc1ccccc1C)N1CCC(Oc2ccccc2)CC1. The number of rotatable bonds is 5. The highest BCUT2D eigenvalue weighted by molar-refractivity contribution is 5.80. The molecule has 4 heteroatoms. The van der Waals surface area contributed by atoms with Crippen LogP contribution in [0.25, 0.3) is 0 Å². The van der Waals surface area contributed by atoms with Gasteiger partial charge in [0.1, 0.15) is 11.9 Å². The first-order chi connectivity index (χ1) is 12.8. The average Bonchev–Trinajstić information content (AvgIpc) is 2.68. The molecule has 0 atom stereocenters. The van der Waals surface area contributed by atoms with E-state index in [1.54, 1.807) is 0 Å². The largest absolute Gasteiger partial charge is 0.490 e. The Morgan fingerprint density at radius 1 is 1.08 bits per heavy atom. The summed E-state index contributed by atoms with van der Waals surface area (Å²) in [7, 11) is 1.86. The van der Waals surface area contributed by atoms with Gasteiger partial charge in [0.25, 0.3) is 0 Å². The van der Waals surface area contributed by atoms with Crippen LogP contribution < -0.4 is 10.1 Å². The van der Waals surface area contributed by atoms with E-state index >= 15 is 0 Å². The fraction of sp³-hybridized carbons (Fsp3) is 0.409. The molecule has 0 saturated carbocycles. The van der Waals surface area contributed by atoms with Gasteiger partial charge in [0.05, 0.1) is 0 Å². The molecule has 0 radical (unpaired) electrons. The van der Waals surface area contributed by atoms with Crippen LogP contribution in [0.15, 0.2) is 59.6 Å². The van der Waals surface area contributed by atoms with Crippen molar-refractivity contribution in [2.75, 3.05) is 26.7 Å². The van der Waals surface area contributed by atoms with Crippen molar-refractivity contribution in [3.63, 3.8) is 0 Å². The van der Waals surface area contributed by atoms with Gasteiger partial charge in [-0.2, -0.15) is 0 Å². The second-order valence-corrected chi connectivity index (χ2v) is 6.77. The van der Waals surface area contributed by atoms with Crippen LogP contribution in [-0.4, -0.2) is 43.6 Å². The fourth-order valence-corrected chi connectivity index (χ4v) is 3.41. The van der Waals surface area contributed by atoms with Crippen LogP contribution in [0.3, 0.4) is 0 Å². The van der Waals surface area contributed by atoms with Gasteiger partial charge in [-0.3, -0.25) is 4.99 Å². The Morgan fingerprint density at radius 3 is 2.46 bits per heavy atom. The molecule has 26 heavy (non-hydrogen) atoms. The third kappa shape index (κ3) is 5.01. The van der Waals surface area contributed by atoms with E-state index in [0.717, 1.165) is 50.6 Å². The van der Waals surface area contributed by atoms with Gasteiger partial charge < -0.3 is 15.0 Å². The van der Waals surface area contributed by atoms with Crippen molar-refractivity contribution in [2.45, 2.75) is 32.3 Å². The molecule has 0 aliphatic carbocycles. The summed E-state index contributed by atoms with van der Waals surface area (Å²) in [6.45, 7) is 5.02. The Balaban J connectivity index is 1.44. The first-order valence-electron chi connectivity index (χ1n) is 9.48. The Hall–Kier alpha value is -2.49. The zero-order valence-electron chi connectivity index (χ0n) is 15.8. The van der Waals surface area contributed by atoms with Gasteiger partial charge in [0.2, 0.25) is 0 Å². The van der Waals surface area contributed by atoms with Crippen LogP contribution in [0.2, 0.25) is 0 Å². The molecule has 2 aromatic rings. The number of benzene rings is 2. The lowest BCUT2D eigenvalue weighted by atomic mass is 10.1. The average molecular weight is 351 g/mol. The van der Waals surface area contributed by atoms with Crippen molar-refractivity contribution < 1.29 is 4.74 Å². The van der Waals surface area contributed by atoms with Gasteiger partial charge in [0.15, 0.2) is 5.96 Å². The number of nitrogens with zero attached hydrogens (tertiary/aromatic N) is 2. The molecule has 0 aromatic heterocycles. The monoisotopic (exact) mass is 351 g/mol. The lowest BCUT2D eigenvalue weighted by Crippen LogP contribution is -2.47. The van der Waals surface area contributed by atoms with Crippen molar-refractivity contribution in [3.8, 4) is 5.75 Å². The van der Waals surface area contributed by atoms with E-state index in [1.165, 1.54) is 11.1 Å². The number of nitrogens with one attached hydrogen (secondary N) is 1. The van der Waals surface area contributed by atoms with Gasteiger partial charge >= 0.3 is 0 Å². The van der Waals surface area contributed by atoms with Crippen molar-refractivity contribution >= 4 is 5.96 Å². The number of para-hydroxylation sites is 1. The van der Waals surface area contributed by atoms with Crippen LogP contribution in [-0.2, 0) is 6.42 Å². The molecular formula is C22H29N3O. The summed E-state index contributed by atoms with van der Waals surface area (Å²) in [6.07, 6.45) is 3.35. The first-order valence-corrected chi connectivity index (χ1v) is 9.48. The van der Waals surface area contributed by atoms with Crippen LogP contribution in [0, 0.1) is 6.92 Å². The fourth-order valence-electron chi connectivity index (χ4n) is 3.41. The van der Waals surface area contributed by atoms with Crippen LogP contribution in [0.1, 0.15) is 24.0 Å². The highest BCUT2D eigenvalue weighted by Crippen LogP contribution is 2.18. The van der Waals surface area contributed by atoms with E-state index in [-0.39, 0.29) is 0 Å². The molecular weight excluding hydrogens is 322 g/mol. The number of aryl methyl sites for hydroxylation is 1. The number of likely N-dealkylation sites (tertiary alicyclic amines) is 1. The number of guanidine groups is 1. The molecule has 0 unspecified atom stereocenters. The minimum Gasteiger partial charge on any atom is -0.490 e. The summed E-state index contributed by atoms with van der Waals surface area (Å²) in [4.78, 5) is 6.80. The first kappa shape index (κ1) is 18.3. The predicted octanol–water partition coefficient (Wildman–Crippen LogP) is 3.66. The minimum absolute atomic E-state index is 0.290. The Morgan fingerprint density at radius 2 is 1.77 bits per heavy atom. The normalized spacial score (nSPS) is 15.8. The van der Waals surface area contributed by atoms with E-state index in [9.17, 15) is 0 Å². The molecule has 1 heterocycles. The van der Waals surface area contributed by atoms with E-state index < -0.39 is 0 Å². The molecule has 0 amide bonds. The number of hydrogen-bond acceptors (Lipinski definition) is 2. The molecule has 1 fully saturated rings. The maximum absolute atomic E-state index is 6.08. The predicted molar refractivity (Wildman–Crippen MR) is 108 cm³/mol. The lowest BCUT2D eigenvalue weighted by molar-refractivity contribution is 0.129. The molecule has 1 aliphatic rings. The third-order valence-corrected chi connectivity index (χ3v) is 4.94. The van der Waals surface area contributed by atoms with E-state index in [4.69, 9.17) is 4.74 Å². The van der Waals surface area contributed by atoms with Gasteiger partial charge in [-0.05, 0) is 36.6 Å². The highest BCUT2D eigenvalue weighted by Gasteiger charge is 2.22. The van der Waals surface area contributed by atoms with Crippen molar-refractivity contribution in [2.24, 2.45) is 4.99 Å². The second kappa shape index (κ2) is 9.27. The quantitative estimate of drug-likeness (QED) is 0.660. The Bertz CT molecular complexity index is 706. The molecule has 1 aliphatic heterocycles. The molecule has 2 aromatic carbocycles. The molecule has 1 saturated heterocycles. The molecule has 3 rings (SSSR count). The summed E-state index contributed by atoms with van der Waals surface area (Å²) in [5.41, 5.74) is 2.74. The maximum atomic E-state index is 6.08. The standard InChI is InChI=1S/C22H29N3O/c1-18-8-6-7-9-19(18)12-15-24-22(23-2)25-16-13-21(14-17-25)26-20-10-4-3-5-11-20/h3-11,21H,12-17H2,1-2H3,(H,23,24). The number of hydrogen-bond donors (Lipinski definition) is 1. The molecule has 0 bridgehead atoms. The maximum Gasteiger partial charge on any atom is 0.193 e. The van der Waals surface area contributed by atoms with Crippen molar-refractivity contribution in [1.29, 1.82) is 0 Å². The zero-order chi connectivity index (χ0) is 18.2. The topological polar surface area (TPSA) is 36.9 Å². The number of ether oxygens (including phenoxy) is 1. The van der Waals surface area contributed by atoms with Crippen LogP contribution in [0.4, 0.5) is 0 Å². The zero-order valence-corrected chi connectivity index (χ0v) is 15.8. The molecule has 1 N–H and O–H groups in total. The van der Waals surface area contributed by atoms with E-state index in [0.29, 0.717) is 6.10 Å². The van der Waals surface area contributed by atoms with Gasteiger partial charge in [-0.25, -0.2) is 0 Å². The van der Waals surface area contributed by atoms with E-state index in [2.05, 4.69) is 46.4 Å². The van der Waals surface area contributed by atoms with Gasteiger partial charge in [0, 0.05) is 39.5 Å². The summed E-state index contributed by atoms with van der Waals surface area (Å²) >= 11 is 0. The van der Waals surface area contributed by atoms with Crippen molar-refractivity contribution in [3.05, 3.63) is 65.7 Å². The van der Waals surface area contributed by atoms with Crippen LogP contribution >= 0.6 is 0 Å². The Labute approximate surface area is 156 Å². The van der Waals surface area contributed by atoms with Crippen molar-refractivity contribution in [1.82, 2.24) is 10.2 Å². The lowest BCUT2D eigenvalue weighted by Gasteiger charge is -2.34. The third-order valence-electron chi connectivity index (χ3n) is 4.94. The summed E-state index contributed by atoms with van der Waals surface area (Å²) in [5, 5.41) is 3.51. The summed E-state index contributed by atoms with van der Waals surface area (Å²) in [5.74, 6) is 1.96. The van der Waals surface area contributed by atoms with Crippen LogP contribution in [0.5, 0.6) is 5.75 Å². The number of piperidine rings is 1. The van der Waals surface area contributed by atoms with Gasteiger partial charge in [-0.15, -0.1) is 0 Å². The molecule has 0 spiro atoms. The highest BCUT2D eigenvalue weighted by atomic mass is 16.5. The molecule has 4 nitrogen and oxygen atoms in total. The number of aliphatic imine (C=N–C) groups is 1. The Kier molecular flexibility index (Phi) is 6.53.